The molecule has 0 saturated carbocycles. The molecule has 0 aliphatic rings. The minimum atomic E-state index is -3.20. The number of ether oxygens (including phenoxy) is 2. The quantitative estimate of drug-likeness (QED) is 0.486. The van der Waals surface area contributed by atoms with E-state index >= 15 is 0 Å². The number of nitrogens with zero attached hydrogens (tertiary/aromatic N) is 1. The van der Waals surface area contributed by atoms with Crippen molar-refractivity contribution in [3.05, 3.63) is 85.1 Å². The van der Waals surface area contributed by atoms with Crippen molar-refractivity contribution >= 4 is 34.0 Å². The van der Waals surface area contributed by atoms with Gasteiger partial charge in [-0.25, -0.2) is 0 Å². The summed E-state index contributed by atoms with van der Waals surface area (Å²) in [7, 11) is 0.0260. The third-order valence-corrected chi connectivity index (χ3v) is 7.83. The van der Waals surface area contributed by atoms with Gasteiger partial charge in [-0.1, -0.05) is 24.3 Å². The molecule has 0 aliphatic carbocycles. The van der Waals surface area contributed by atoms with Gasteiger partial charge in [-0.15, -0.1) is 0 Å². The number of hydrogen-bond donors (Lipinski definition) is 0. The van der Waals surface area contributed by atoms with Crippen LogP contribution in [0, 0.1) is 0 Å². The van der Waals surface area contributed by atoms with Crippen molar-refractivity contribution in [1.82, 2.24) is 4.98 Å². The number of rotatable bonds is 5. The van der Waals surface area contributed by atoms with Crippen molar-refractivity contribution in [1.29, 1.82) is 0 Å². The molecule has 5 heteroatoms. The average molecular weight is 389 g/mol. The van der Waals surface area contributed by atoms with Crippen LogP contribution in [0.4, 0.5) is 0 Å². The van der Waals surface area contributed by atoms with Crippen molar-refractivity contribution < 1.29 is 14.0 Å². The van der Waals surface area contributed by atoms with Gasteiger partial charge in [-0.05, 0) is 60.0 Å². The Morgan fingerprint density at radius 2 is 1.25 bits per heavy atom. The van der Waals surface area contributed by atoms with Gasteiger partial charge in [-0.3, -0.25) is 4.98 Å². The SMILES string of the molecule is COc1ccc(P(=O)(c2ccc(OC)cc2)c2nccc3ccccc23)cc1. The zero-order valence-corrected chi connectivity index (χ0v) is 16.6. The standard InChI is InChI=1S/C23H20NO3P/c1-26-18-7-11-20(12-8-18)28(25,21-13-9-19(27-2)10-14-21)23-22-6-4-3-5-17(22)15-16-24-23/h3-16H,1-2H3. The fourth-order valence-electron chi connectivity index (χ4n) is 3.33. The van der Waals surface area contributed by atoms with Crippen LogP contribution in [0.5, 0.6) is 11.5 Å². The van der Waals surface area contributed by atoms with Gasteiger partial charge in [0.2, 0.25) is 0 Å². The Hall–Kier alpha value is -3.10. The predicted octanol–water partition coefficient (Wildman–Crippen LogP) is 3.89. The number of aromatic nitrogens is 1. The molecule has 0 bridgehead atoms. The summed E-state index contributed by atoms with van der Waals surface area (Å²) >= 11 is 0. The van der Waals surface area contributed by atoms with E-state index in [1.54, 1.807) is 20.4 Å². The second-order valence-electron chi connectivity index (χ2n) is 6.36. The lowest BCUT2D eigenvalue weighted by Crippen LogP contribution is -2.27. The van der Waals surface area contributed by atoms with Crippen LogP contribution in [0.1, 0.15) is 0 Å². The Kier molecular flexibility index (Phi) is 4.89. The van der Waals surface area contributed by atoms with Crippen LogP contribution in [-0.4, -0.2) is 19.2 Å². The Morgan fingerprint density at radius 1 is 0.714 bits per heavy atom. The Labute approximate surface area is 164 Å². The minimum absolute atomic E-state index is 0.584. The van der Waals surface area contributed by atoms with Crippen LogP contribution in [0.25, 0.3) is 10.8 Å². The van der Waals surface area contributed by atoms with Crippen molar-refractivity contribution in [2.75, 3.05) is 14.2 Å². The molecule has 0 radical (unpaired) electrons. The monoisotopic (exact) mass is 389 g/mol. The molecule has 0 unspecified atom stereocenters. The summed E-state index contributed by atoms with van der Waals surface area (Å²) in [6, 6.07) is 24.6. The zero-order chi connectivity index (χ0) is 19.6. The summed E-state index contributed by atoms with van der Waals surface area (Å²) in [5.41, 5.74) is 0.584. The molecule has 4 aromatic rings. The van der Waals surface area contributed by atoms with E-state index in [9.17, 15) is 4.57 Å². The molecule has 0 N–H and O–H groups in total. The number of hydrogen-bond acceptors (Lipinski definition) is 4. The van der Waals surface area contributed by atoms with Crippen LogP contribution in [0.3, 0.4) is 0 Å². The number of fused-ring (bicyclic) bond motifs is 1. The van der Waals surface area contributed by atoms with Gasteiger partial charge >= 0.3 is 0 Å². The number of benzene rings is 3. The van der Waals surface area contributed by atoms with Gasteiger partial charge in [0.25, 0.3) is 0 Å². The molecule has 4 nitrogen and oxygen atoms in total. The molecule has 0 atom stereocenters. The molecule has 4 rings (SSSR count). The highest BCUT2D eigenvalue weighted by molar-refractivity contribution is 7.85. The molecule has 1 heterocycles. The lowest BCUT2D eigenvalue weighted by molar-refractivity contribution is 0.415. The Balaban J connectivity index is 2.01. The van der Waals surface area contributed by atoms with E-state index in [0.29, 0.717) is 16.0 Å². The molecule has 3 aromatic carbocycles. The average Bonchev–Trinajstić information content (AvgIpc) is 2.78. The summed E-state index contributed by atoms with van der Waals surface area (Å²) in [4.78, 5) is 4.59. The lowest BCUT2D eigenvalue weighted by Gasteiger charge is -2.21. The third-order valence-electron chi connectivity index (χ3n) is 4.82. The van der Waals surface area contributed by atoms with E-state index in [0.717, 1.165) is 22.3 Å². The van der Waals surface area contributed by atoms with E-state index in [1.165, 1.54) is 0 Å². The van der Waals surface area contributed by atoms with Crippen LogP contribution < -0.4 is 25.5 Å². The largest absolute Gasteiger partial charge is 0.497 e. The Morgan fingerprint density at radius 3 is 1.79 bits per heavy atom. The number of pyridine rings is 1. The fraction of sp³-hybridized carbons (Fsp3) is 0.0870. The first-order valence-electron chi connectivity index (χ1n) is 8.90. The summed E-state index contributed by atoms with van der Waals surface area (Å²) in [5, 5.41) is 3.32. The van der Waals surface area contributed by atoms with Crippen molar-refractivity contribution in [2.24, 2.45) is 0 Å². The maximum atomic E-state index is 14.7. The summed E-state index contributed by atoms with van der Waals surface area (Å²) in [6.45, 7) is 0. The topological polar surface area (TPSA) is 48.4 Å². The molecule has 1 aromatic heterocycles. The van der Waals surface area contributed by atoms with Gasteiger partial charge in [-0.2, -0.15) is 0 Å². The zero-order valence-electron chi connectivity index (χ0n) is 15.7. The second kappa shape index (κ2) is 7.49. The second-order valence-corrected chi connectivity index (χ2v) is 9.04. The molecule has 0 saturated heterocycles. The Bertz CT molecular complexity index is 1100. The molecule has 0 fully saturated rings. The summed E-state index contributed by atoms with van der Waals surface area (Å²) in [5.74, 6) is 1.44. The van der Waals surface area contributed by atoms with Crippen LogP contribution in [0.15, 0.2) is 85.1 Å². The first-order chi connectivity index (χ1) is 13.7. The minimum Gasteiger partial charge on any atom is -0.497 e. The molecule has 0 amide bonds. The maximum absolute atomic E-state index is 14.7. The van der Waals surface area contributed by atoms with Crippen LogP contribution in [-0.2, 0) is 4.57 Å². The highest BCUT2D eigenvalue weighted by Crippen LogP contribution is 2.44. The van der Waals surface area contributed by atoms with Crippen molar-refractivity contribution in [2.45, 2.75) is 0 Å². The van der Waals surface area contributed by atoms with Gasteiger partial charge < -0.3 is 14.0 Å². The van der Waals surface area contributed by atoms with Crippen molar-refractivity contribution in [3.63, 3.8) is 0 Å². The molecule has 0 aliphatic heterocycles. The van der Waals surface area contributed by atoms with E-state index in [4.69, 9.17) is 9.47 Å². The smallest absolute Gasteiger partial charge is 0.189 e. The molecule has 140 valence electrons. The maximum Gasteiger partial charge on any atom is 0.189 e. The van der Waals surface area contributed by atoms with Gasteiger partial charge in [0.1, 0.15) is 16.9 Å². The van der Waals surface area contributed by atoms with Crippen LogP contribution >= 0.6 is 7.14 Å². The highest BCUT2D eigenvalue weighted by atomic mass is 31.2. The van der Waals surface area contributed by atoms with Gasteiger partial charge in [0.15, 0.2) is 7.14 Å². The first-order valence-corrected chi connectivity index (χ1v) is 10.6. The molecule has 28 heavy (non-hydrogen) atoms. The highest BCUT2D eigenvalue weighted by Gasteiger charge is 2.33. The fourth-order valence-corrected chi connectivity index (χ4v) is 6.03. The van der Waals surface area contributed by atoms with E-state index < -0.39 is 7.14 Å². The normalized spacial score (nSPS) is 11.4. The molecule has 0 spiro atoms. The molecular weight excluding hydrogens is 369 g/mol. The summed E-state index contributed by atoms with van der Waals surface area (Å²) < 4.78 is 25.2. The van der Waals surface area contributed by atoms with Crippen molar-refractivity contribution in [3.8, 4) is 11.5 Å². The van der Waals surface area contributed by atoms with Gasteiger partial charge in [0, 0.05) is 22.2 Å². The van der Waals surface area contributed by atoms with Gasteiger partial charge in [0.05, 0.1) is 14.2 Å². The van der Waals surface area contributed by atoms with E-state index in [1.807, 2.05) is 78.9 Å². The third kappa shape index (κ3) is 3.06. The summed E-state index contributed by atoms with van der Waals surface area (Å²) in [6.07, 6.45) is 1.72. The van der Waals surface area contributed by atoms with E-state index in [2.05, 4.69) is 4.98 Å². The van der Waals surface area contributed by atoms with E-state index in [-0.39, 0.29) is 0 Å². The first kappa shape index (κ1) is 18.3. The number of methoxy groups -OCH3 is 2. The predicted molar refractivity (Wildman–Crippen MR) is 114 cm³/mol. The van der Waals surface area contributed by atoms with Crippen LogP contribution in [0.2, 0.25) is 0 Å². The molecular formula is C23H20NO3P. The lowest BCUT2D eigenvalue weighted by atomic mass is 10.2.